The second-order valence-electron chi connectivity index (χ2n) is 2.31. The van der Waals surface area contributed by atoms with Crippen molar-refractivity contribution in [1.82, 2.24) is 0 Å². The molecule has 1 unspecified atom stereocenters. The second-order valence-corrected chi connectivity index (χ2v) is 4.09. The summed E-state index contributed by atoms with van der Waals surface area (Å²) in [5.74, 6) is 0.159. The number of hydrogen-bond acceptors (Lipinski definition) is 1. The van der Waals surface area contributed by atoms with Gasteiger partial charge in [-0.15, -0.1) is 0 Å². The highest BCUT2D eigenvalue weighted by atomic mass is 32.2. The van der Waals surface area contributed by atoms with Gasteiger partial charge in [0.25, 0.3) is 0 Å². The molecule has 0 saturated heterocycles. The van der Waals surface area contributed by atoms with E-state index >= 15 is 0 Å². The molecule has 0 bridgehead atoms. The van der Waals surface area contributed by atoms with Gasteiger partial charge in [-0.2, -0.15) is 10.5 Å². The highest BCUT2D eigenvalue weighted by Gasteiger charge is 1.95. The summed E-state index contributed by atoms with van der Waals surface area (Å²) in [6, 6.07) is 0. The minimum atomic E-state index is -0.253. The molecule has 64 valence electrons. The molecule has 1 aliphatic rings. The van der Waals surface area contributed by atoms with Gasteiger partial charge in [0.1, 0.15) is 0 Å². The summed E-state index contributed by atoms with van der Waals surface area (Å²) >= 11 is 0. The molecule has 2 N–H and O–H groups in total. The average molecular weight is 181 g/mol. The Balaban J connectivity index is 2.69. The SMILES string of the molecule is NC(=O)CS1=CC=CC=CC=C1. The van der Waals surface area contributed by atoms with Crippen LogP contribution in [0.25, 0.3) is 0 Å². The van der Waals surface area contributed by atoms with E-state index in [1.807, 2.05) is 41.2 Å². The van der Waals surface area contributed by atoms with Gasteiger partial charge in [0, 0.05) is 0 Å². The molecule has 3 heteroatoms. The van der Waals surface area contributed by atoms with E-state index in [4.69, 9.17) is 5.73 Å². The molecule has 0 aromatic rings. The summed E-state index contributed by atoms with van der Waals surface area (Å²) < 4.78 is 0. The molecule has 12 heavy (non-hydrogen) atoms. The van der Waals surface area contributed by atoms with E-state index in [2.05, 4.69) is 0 Å². The number of carbonyl (C=O) groups excluding carboxylic acids is 1. The monoisotopic (exact) mass is 181 g/mol. The van der Waals surface area contributed by atoms with E-state index < -0.39 is 0 Å². The lowest BCUT2D eigenvalue weighted by Gasteiger charge is -1.98. The van der Waals surface area contributed by atoms with Crippen LogP contribution in [-0.2, 0) is 4.79 Å². The molecule has 0 aromatic heterocycles. The smallest absolute Gasteiger partial charge is 0.227 e. The maximum atomic E-state index is 10.6. The number of amides is 1. The molecule has 1 aliphatic heterocycles. The van der Waals surface area contributed by atoms with Crippen LogP contribution in [0, 0.1) is 0 Å². The molecule has 0 aromatic carbocycles. The Morgan fingerprint density at radius 1 is 1.17 bits per heavy atom. The maximum Gasteiger partial charge on any atom is 0.227 e. The summed E-state index contributed by atoms with van der Waals surface area (Å²) in [6.07, 6.45) is 9.69. The van der Waals surface area contributed by atoms with Crippen molar-refractivity contribution in [1.29, 1.82) is 0 Å². The third-order valence-corrected chi connectivity index (χ3v) is 2.89. The fraction of sp³-hybridized carbons (Fsp3) is 0.111. The lowest BCUT2D eigenvalue weighted by Crippen LogP contribution is -2.13. The Bertz CT molecular complexity index is 287. The van der Waals surface area contributed by atoms with Crippen molar-refractivity contribution in [2.45, 2.75) is 0 Å². The molecule has 1 heterocycles. The van der Waals surface area contributed by atoms with Crippen molar-refractivity contribution in [3.05, 3.63) is 35.8 Å². The Kier molecular flexibility index (Phi) is 3.54. The minimum Gasteiger partial charge on any atom is -0.369 e. The van der Waals surface area contributed by atoms with E-state index in [9.17, 15) is 4.79 Å². The van der Waals surface area contributed by atoms with Crippen LogP contribution in [-0.4, -0.2) is 17.0 Å². The van der Waals surface area contributed by atoms with Gasteiger partial charge in [0.15, 0.2) is 0 Å². The second kappa shape index (κ2) is 4.72. The Labute approximate surface area is 74.4 Å². The van der Waals surface area contributed by atoms with E-state index in [1.54, 1.807) is 0 Å². The molecule has 0 fully saturated rings. The summed E-state index contributed by atoms with van der Waals surface area (Å²) in [5.41, 5.74) is 5.09. The third kappa shape index (κ3) is 3.34. The van der Waals surface area contributed by atoms with Crippen LogP contribution in [0.15, 0.2) is 35.8 Å². The standard InChI is InChI=1S/C9H11NOS/c10-9(11)8-12-6-4-2-1-3-5-7-12/h1-7H,8H2,(H2,10,11). The number of nitrogens with two attached hydrogens (primary N) is 1. The zero-order chi connectivity index (χ0) is 8.81. The van der Waals surface area contributed by atoms with Crippen LogP contribution in [0.2, 0.25) is 0 Å². The van der Waals surface area contributed by atoms with Gasteiger partial charge >= 0.3 is 0 Å². The molecule has 1 rings (SSSR count). The fourth-order valence-electron chi connectivity index (χ4n) is 0.791. The summed E-state index contributed by atoms with van der Waals surface area (Å²) in [5, 5.41) is 3.98. The molecular formula is C9H11NOS. The van der Waals surface area contributed by atoms with Crippen LogP contribution in [0.3, 0.4) is 0 Å². The lowest BCUT2D eigenvalue weighted by molar-refractivity contribution is -0.115. The van der Waals surface area contributed by atoms with Crippen LogP contribution >= 0.6 is 10.5 Å². The van der Waals surface area contributed by atoms with Gasteiger partial charge in [0.05, 0.1) is 5.75 Å². The Hall–Kier alpha value is -1.09. The Morgan fingerprint density at radius 3 is 2.58 bits per heavy atom. The van der Waals surface area contributed by atoms with Crippen LogP contribution in [0.1, 0.15) is 0 Å². The lowest BCUT2D eigenvalue weighted by atomic mass is 10.4. The third-order valence-electron chi connectivity index (χ3n) is 1.26. The highest BCUT2D eigenvalue weighted by Crippen LogP contribution is 2.13. The summed E-state index contributed by atoms with van der Waals surface area (Å²) in [7, 11) is -0.121. The van der Waals surface area contributed by atoms with Crippen molar-refractivity contribution in [2.75, 3.05) is 5.75 Å². The van der Waals surface area contributed by atoms with Crippen molar-refractivity contribution in [3.8, 4) is 0 Å². The molecule has 1 atom stereocenters. The van der Waals surface area contributed by atoms with Crippen molar-refractivity contribution < 1.29 is 4.79 Å². The minimum absolute atomic E-state index is 0.121. The quantitative estimate of drug-likeness (QED) is 0.639. The molecular weight excluding hydrogens is 170 g/mol. The molecule has 0 aliphatic carbocycles. The van der Waals surface area contributed by atoms with Crippen molar-refractivity contribution >= 4 is 21.8 Å². The van der Waals surface area contributed by atoms with Crippen LogP contribution < -0.4 is 5.73 Å². The maximum absolute atomic E-state index is 10.6. The van der Waals surface area contributed by atoms with E-state index in [-0.39, 0.29) is 16.4 Å². The first kappa shape index (κ1) is 9.00. The fourth-order valence-corrected chi connectivity index (χ4v) is 1.99. The number of rotatable bonds is 2. The number of allylic oxidation sites excluding steroid dienone is 5. The summed E-state index contributed by atoms with van der Waals surface area (Å²) in [6.45, 7) is 0. The van der Waals surface area contributed by atoms with Crippen molar-refractivity contribution in [3.63, 3.8) is 0 Å². The zero-order valence-corrected chi connectivity index (χ0v) is 7.46. The average Bonchev–Trinajstić information content (AvgIpc) is 1.93. The number of primary amides is 1. The van der Waals surface area contributed by atoms with Gasteiger partial charge in [-0.1, -0.05) is 30.4 Å². The van der Waals surface area contributed by atoms with E-state index in [0.29, 0.717) is 5.75 Å². The highest BCUT2D eigenvalue weighted by molar-refractivity contribution is 8.18. The predicted octanol–water partition coefficient (Wildman–Crippen LogP) is 1.18. The van der Waals surface area contributed by atoms with E-state index in [0.717, 1.165) is 0 Å². The topological polar surface area (TPSA) is 43.1 Å². The zero-order valence-electron chi connectivity index (χ0n) is 6.64. The first-order valence-electron chi connectivity index (χ1n) is 3.61. The first-order valence-corrected chi connectivity index (χ1v) is 5.13. The normalized spacial score (nSPS) is 21.2. The van der Waals surface area contributed by atoms with Crippen LogP contribution in [0.5, 0.6) is 0 Å². The number of carbonyl (C=O) groups is 1. The van der Waals surface area contributed by atoms with Gasteiger partial charge in [0.2, 0.25) is 5.91 Å². The van der Waals surface area contributed by atoms with Gasteiger partial charge in [-0.25, -0.2) is 0 Å². The van der Waals surface area contributed by atoms with Gasteiger partial charge in [-0.05, 0) is 10.8 Å². The Morgan fingerprint density at radius 2 is 1.83 bits per heavy atom. The largest absolute Gasteiger partial charge is 0.369 e. The number of hydrogen-bond donors (Lipinski definition) is 1. The molecule has 0 radical (unpaired) electrons. The molecule has 0 saturated carbocycles. The predicted molar refractivity (Wildman–Crippen MR) is 55.1 cm³/mol. The van der Waals surface area contributed by atoms with Gasteiger partial charge < -0.3 is 5.73 Å². The molecule has 2 nitrogen and oxygen atoms in total. The summed E-state index contributed by atoms with van der Waals surface area (Å²) in [4.78, 5) is 10.6. The molecule has 1 amide bonds. The molecule has 0 spiro atoms. The van der Waals surface area contributed by atoms with Crippen molar-refractivity contribution in [2.24, 2.45) is 5.73 Å². The van der Waals surface area contributed by atoms with E-state index in [1.165, 1.54) is 0 Å². The first-order chi connectivity index (χ1) is 5.79. The van der Waals surface area contributed by atoms with Crippen LogP contribution in [0.4, 0.5) is 0 Å². The van der Waals surface area contributed by atoms with Gasteiger partial charge in [-0.3, -0.25) is 4.79 Å².